The van der Waals surface area contributed by atoms with Gasteiger partial charge in [0.25, 0.3) is 0 Å². The fraction of sp³-hybridized carbons (Fsp3) is 0.333. The van der Waals surface area contributed by atoms with E-state index in [1.807, 2.05) is 19.1 Å². The number of hydrogen-bond acceptors (Lipinski definition) is 5. The van der Waals surface area contributed by atoms with Crippen molar-refractivity contribution >= 4 is 50.1 Å². The Labute approximate surface area is 164 Å². The molecule has 140 valence electrons. The van der Waals surface area contributed by atoms with Gasteiger partial charge in [-0.05, 0) is 24.6 Å². The number of nitrogens with one attached hydrogen (secondary N) is 1. The van der Waals surface area contributed by atoms with Gasteiger partial charge < -0.3 is 5.32 Å². The minimum absolute atomic E-state index is 0.0650. The van der Waals surface area contributed by atoms with Gasteiger partial charge >= 0.3 is 0 Å². The first-order chi connectivity index (χ1) is 13.0. The molecule has 27 heavy (non-hydrogen) atoms. The molecule has 3 heterocycles. The molecule has 0 aliphatic carbocycles. The normalized spacial score (nSPS) is 17.0. The summed E-state index contributed by atoms with van der Waals surface area (Å²) in [4.78, 5) is 31.0. The Bertz CT molecular complexity index is 1010. The van der Waals surface area contributed by atoms with E-state index < -0.39 is 0 Å². The summed E-state index contributed by atoms with van der Waals surface area (Å²) in [5.41, 5.74) is 2.03. The number of aromatic nitrogens is 3. The topological polar surface area (TPSA) is 80.1 Å². The Morgan fingerprint density at radius 3 is 3.07 bits per heavy atom. The Kier molecular flexibility index (Phi) is 4.84. The number of nitrogens with zero attached hydrogens (tertiary/aromatic N) is 4. The van der Waals surface area contributed by atoms with Gasteiger partial charge in [0, 0.05) is 25.7 Å². The fourth-order valence-corrected chi connectivity index (χ4v) is 4.35. The van der Waals surface area contributed by atoms with Crippen LogP contribution in [0.4, 0.5) is 5.13 Å². The Balaban J connectivity index is 1.38. The SMILES string of the molecule is Cc1ccc2nc(N3CC(C(=O)NCCn4cc(Cl)cn4)CC3=O)sc2c1. The predicted octanol–water partition coefficient (Wildman–Crippen LogP) is 2.62. The zero-order valence-corrected chi connectivity index (χ0v) is 16.3. The summed E-state index contributed by atoms with van der Waals surface area (Å²) in [7, 11) is 0. The maximum atomic E-state index is 12.4. The molecule has 1 atom stereocenters. The molecule has 1 aliphatic rings. The number of rotatable bonds is 5. The van der Waals surface area contributed by atoms with E-state index in [9.17, 15) is 9.59 Å². The molecule has 7 nitrogen and oxygen atoms in total. The lowest BCUT2D eigenvalue weighted by Gasteiger charge is -2.13. The number of amides is 2. The van der Waals surface area contributed by atoms with Crippen LogP contribution in [0, 0.1) is 12.8 Å². The van der Waals surface area contributed by atoms with Crippen LogP contribution >= 0.6 is 22.9 Å². The van der Waals surface area contributed by atoms with Crippen LogP contribution < -0.4 is 10.2 Å². The monoisotopic (exact) mass is 403 g/mol. The maximum absolute atomic E-state index is 12.4. The first-order valence-corrected chi connectivity index (χ1v) is 9.82. The van der Waals surface area contributed by atoms with E-state index in [-0.39, 0.29) is 24.2 Å². The number of thiazole rings is 1. The highest BCUT2D eigenvalue weighted by molar-refractivity contribution is 7.22. The fourth-order valence-electron chi connectivity index (χ4n) is 3.10. The lowest BCUT2D eigenvalue weighted by molar-refractivity contribution is -0.126. The quantitative estimate of drug-likeness (QED) is 0.710. The van der Waals surface area contributed by atoms with Crippen molar-refractivity contribution in [3.8, 4) is 0 Å². The molecule has 0 radical (unpaired) electrons. The van der Waals surface area contributed by atoms with E-state index >= 15 is 0 Å². The smallest absolute Gasteiger partial charge is 0.229 e. The summed E-state index contributed by atoms with van der Waals surface area (Å²) in [5, 5.41) is 8.15. The van der Waals surface area contributed by atoms with Gasteiger partial charge in [-0.2, -0.15) is 5.10 Å². The van der Waals surface area contributed by atoms with Crippen LogP contribution in [-0.2, 0) is 16.1 Å². The second-order valence-corrected chi connectivity index (χ2v) is 8.03. The molecule has 2 aromatic heterocycles. The van der Waals surface area contributed by atoms with Gasteiger partial charge in [0.1, 0.15) is 0 Å². The van der Waals surface area contributed by atoms with Crippen LogP contribution in [0.2, 0.25) is 5.02 Å². The van der Waals surface area contributed by atoms with E-state index in [4.69, 9.17) is 11.6 Å². The van der Waals surface area contributed by atoms with Gasteiger partial charge in [-0.25, -0.2) is 4.98 Å². The van der Waals surface area contributed by atoms with Crippen molar-refractivity contribution in [2.75, 3.05) is 18.0 Å². The van der Waals surface area contributed by atoms with Gasteiger partial charge in [0.05, 0.1) is 33.9 Å². The maximum Gasteiger partial charge on any atom is 0.229 e. The second-order valence-electron chi connectivity index (χ2n) is 6.59. The highest BCUT2D eigenvalue weighted by Gasteiger charge is 2.36. The summed E-state index contributed by atoms with van der Waals surface area (Å²) in [6.45, 7) is 3.34. The summed E-state index contributed by atoms with van der Waals surface area (Å²) < 4.78 is 2.71. The standard InChI is InChI=1S/C18H18ClN5O2S/c1-11-2-3-14-15(6-11)27-18(22-14)24-9-12(7-16(24)25)17(26)20-4-5-23-10-13(19)8-21-23/h2-3,6,8,10,12H,4-5,7,9H2,1H3,(H,20,26). The third kappa shape index (κ3) is 3.81. The molecule has 1 aliphatic heterocycles. The lowest BCUT2D eigenvalue weighted by Crippen LogP contribution is -2.34. The zero-order chi connectivity index (χ0) is 19.0. The highest BCUT2D eigenvalue weighted by atomic mass is 35.5. The van der Waals surface area contributed by atoms with Crippen molar-refractivity contribution in [1.82, 2.24) is 20.1 Å². The van der Waals surface area contributed by atoms with Crippen molar-refractivity contribution in [3.05, 3.63) is 41.2 Å². The highest BCUT2D eigenvalue weighted by Crippen LogP contribution is 2.33. The van der Waals surface area contributed by atoms with Crippen molar-refractivity contribution in [3.63, 3.8) is 0 Å². The van der Waals surface area contributed by atoms with Crippen molar-refractivity contribution in [2.45, 2.75) is 19.9 Å². The average Bonchev–Trinajstić information content (AvgIpc) is 3.32. The number of anilines is 1. The number of fused-ring (bicyclic) bond motifs is 1. The molecule has 9 heteroatoms. The van der Waals surface area contributed by atoms with Gasteiger partial charge in [-0.1, -0.05) is 29.0 Å². The molecule has 1 aromatic carbocycles. The summed E-state index contributed by atoms with van der Waals surface area (Å²) in [6, 6.07) is 6.01. The molecule has 0 spiro atoms. The summed E-state index contributed by atoms with van der Waals surface area (Å²) in [5.74, 6) is -0.557. The van der Waals surface area contributed by atoms with E-state index in [0.717, 1.165) is 15.8 Å². The molecule has 0 bridgehead atoms. The number of carbonyl (C=O) groups excluding carboxylic acids is 2. The number of halogens is 1. The molecular formula is C18H18ClN5O2S. The Morgan fingerprint density at radius 1 is 1.44 bits per heavy atom. The summed E-state index contributed by atoms with van der Waals surface area (Å²) >= 11 is 7.30. The Hall–Kier alpha value is -2.45. The van der Waals surface area contributed by atoms with Crippen molar-refractivity contribution in [1.29, 1.82) is 0 Å². The molecule has 4 rings (SSSR count). The third-order valence-corrected chi connectivity index (χ3v) is 5.74. The molecule has 1 fully saturated rings. The number of benzene rings is 1. The van der Waals surface area contributed by atoms with Crippen molar-refractivity contribution < 1.29 is 9.59 Å². The molecular weight excluding hydrogens is 386 g/mol. The first-order valence-electron chi connectivity index (χ1n) is 8.63. The molecule has 2 amide bonds. The Morgan fingerprint density at radius 2 is 2.30 bits per heavy atom. The van der Waals surface area contributed by atoms with E-state index in [2.05, 4.69) is 21.5 Å². The van der Waals surface area contributed by atoms with Gasteiger partial charge in [0.2, 0.25) is 11.8 Å². The van der Waals surface area contributed by atoms with Gasteiger partial charge in [0.15, 0.2) is 5.13 Å². The van der Waals surface area contributed by atoms with Gasteiger partial charge in [-0.3, -0.25) is 19.2 Å². The van der Waals surface area contributed by atoms with E-state index in [1.165, 1.54) is 11.3 Å². The van der Waals surface area contributed by atoms with Gasteiger partial charge in [-0.15, -0.1) is 0 Å². The van der Waals surface area contributed by atoms with Crippen LogP contribution in [0.5, 0.6) is 0 Å². The van der Waals surface area contributed by atoms with Crippen LogP contribution in [0.15, 0.2) is 30.6 Å². The van der Waals surface area contributed by atoms with Crippen LogP contribution in [0.3, 0.4) is 0 Å². The van der Waals surface area contributed by atoms with Crippen LogP contribution in [0.25, 0.3) is 10.2 Å². The molecule has 1 saturated heterocycles. The van der Waals surface area contributed by atoms with Crippen LogP contribution in [0.1, 0.15) is 12.0 Å². The third-order valence-electron chi connectivity index (χ3n) is 4.50. The average molecular weight is 404 g/mol. The number of hydrogen-bond donors (Lipinski definition) is 1. The first kappa shape index (κ1) is 17.9. The number of carbonyl (C=O) groups is 2. The molecule has 3 aromatic rings. The van der Waals surface area contributed by atoms with Crippen molar-refractivity contribution in [2.24, 2.45) is 5.92 Å². The summed E-state index contributed by atoms with van der Waals surface area (Å²) in [6.07, 6.45) is 3.45. The molecule has 1 N–H and O–H groups in total. The van der Waals surface area contributed by atoms with Crippen LogP contribution in [-0.4, -0.2) is 39.7 Å². The molecule has 1 unspecified atom stereocenters. The van der Waals surface area contributed by atoms with E-state index in [0.29, 0.717) is 29.8 Å². The molecule has 0 saturated carbocycles. The minimum Gasteiger partial charge on any atom is -0.354 e. The minimum atomic E-state index is -0.368. The number of aryl methyl sites for hydroxylation is 1. The van der Waals surface area contributed by atoms with E-state index in [1.54, 1.807) is 22.0 Å². The zero-order valence-electron chi connectivity index (χ0n) is 14.7. The second kappa shape index (κ2) is 7.28. The predicted molar refractivity (Wildman–Crippen MR) is 105 cm³/mol. The largest absolute Gasteiger partial charge is 0.354 e. The lowest BCUT2D eigenvalue weighted by atomic mass is 10.1.